The number of hydrogen-bond acceptors (Lipinski definition) is 1. The molecule has 1 aliphatic rings. The third-order valence-corrected chi connectivity index (χ3v) is 3.11. The van der Waals surface area contributed by atoms with E-state index in [1.807, 2.05) is 23.1 Å². The highest BCUT2D eigenvalue weighted by atomic mass is 16.2. The van der Waals surface area contributed by atoms with Gasteiger partial charge in [-0.15, -0.1) is 0 Å². The van der Waals surface area contributed by atoms with Gasteiger partial charge in [-0.2, -0.15) is 0 Å². The fourth-order valence-electron chi connectivity index (χ4n) is 2.20. The molecule has 2 nitrogen and oxygen atoms in total. The van der Waals surface area contributed by atoms with E-state index in [-0.39, 0.29) is 11.9 Å². The molecule has 0 saturated heterocycles. The first-order chi connectivity index (χ1) is 7.61. The van der Waals surface area contributed by atoms with Crippen molar-refractivity contribution >= 4 is 11.6 Å². The molecule has 1 aromatic carbocycles. The van der Waals surface area contributed by atoms with Gasteiger partial charge >= 0.3 is 0 Å². The van der Waals surface area contributed by atoms with Crippen LogP contribution in [0.25, 0.3) is 0 Å². The highest BCUT2D eigenvalue weighted by Crippen LogP contribution is 2.31. The molecule has 2 rings (SSSR count). The Labute approximate surface area is 96.6 Å². The van der Waals surface area contributed by atoms with Gasteiger partial charge in [-0.1, -0.05) is 24.8 Å². The van der Waals surface area contributed by atoms with Crippen LogP contribution in [-0.2, 0) is 11.2 Å². The smallest absolute Gasteiger partial charge is 0.253 e. The predicted octanol–water partition coefficient (Wildman–Crippen LogP) is 2.93. The molecule has 1 aromatic rings. The lowest BCUT2D eigenvalue weighted by Gasteiger charge is -2.35. The summed E-state index contributed by atoms with van der Waals surface area (Å²) in [6.07, 6.45) is 2.08. The van der Waals surface area contributed by atoms with Gasteiger partial charge in [-0.3, -0.25) is 4.79 Å². The van der Waals surface area contributed by atoms with Gasteiger partial charge in [0.15, 0.2) is 0 Å². The van der Waals surface area contributed by atoms with Crippen molar-refractivity contribution in [2.75, 3.05) is 4.90 Å². The molecule has 0 aromatic heterocycles. The number of carbonyl (C=O) groups is 1. The van der Waals surface area contributed by atoms with Crippen molar-refractivity contribution in [2.24, 2.45) is 0 Å². The summed E-state index contributed by atoms with van der Waals surface area (Å²) in [5.41, 5.74) is 2.91. The second-order valence-electron chi connectivity index (χ2n) is 4.47. The van der Waals surface area contributed by atoms with Crippen LogP contribution in [0.3, 0.4) is 0 Å². The lowest BCUT2D eigenvalue weighted by molar-refractivity contribution is -0.115. The molecule has 1 aliphatic heterocycles. The van der Waals surface area contributed by atoms with Crippen molar-refractivity contribution < 1.29 is 4.79 Å². The fraction of sp³-hybridized carbons (Fsp3) is 0.357. The highest BCUT2D eigenvalue weighted by molar-refractivity contribution is 6.05. The maximum Gasteiger partial charge on any atom is 0.253 e. The SMILES string of the molecule is C=C(C)C(=O)N1c2ccccc2CCC1C. The minimum Gasteiger partial charge on any atom is -0.306 e. The second kappa shape index (κ2) is 4.12. The summed E-state index contributed by atoms with van der Waals surface area (Å²) < 4.78 is 0. The lowest BCUT2D eigenvalue weighted by atomic mass is 9.96. The zero-order chi connectivity index (χ0) is 11.7. The number of fused-ring (bicyclic) bond motifs is 1. The van der Waals surface area contributed by atoms with Gasteiger partial charge in [0.1, 0.15) is 0 Å². The average molecular weight is 215 g/mol. The lowest BCUT2D eigenvalue weighted by Crippen LogP contribution is -2.42. The Bertz CT molecular complexity index is 436. The molecule has 16 heavy (non-hydrogen) atoms. The van der Waals surface area contributed by atoms with Gasteiger partial charge in [-0.05, 0) is 38.3 Å². The fourth-order valence-corrected chi connectivity index (χ4v) is 2.20. The first kappa shape index (κ1) is 10.9. The quantitative estimate of drug-likeness (QED) is 0.660. The maximum absolute atomic E-state index is 12.1. The van der Waals surface area contributed by atoms with Crippen molar-refractivity contribution in [2.45, 2.75) is 32.7 Å². The van der Waals surface area contributed by atoms with E-state index in [4.69, 9.17) is 0 Å². The molecule has 0 aliphatic carbocycles. The van der Waals surface area contributed by atoms with Gasteiger partial charge in [-0.25, -0.2) is 0 Å². The minimum absolute atomic E-state index is 0.0413. The number of carbonyl (C=O) groups excluding carboxylic acids is 1. The topological polar surface area (TPSA) is 20.3 Å². The van der Waals surface area contributed by atoms with E-state index in [9.17, 15) is 4.79 Å². The van der Waals surface area contributed by atoms with Crippen LogP contribution in [0.4, 0.5) is 5.69 Å². The van der Waals surface area contributed by atoms with Crippen LogP contribution >= 0.6 is 0 Å². The average Bonchev–Trinajstić information content (AvgIpc) is 2.28. The molecule has 0 spiro atoms. The summed E-state index contributed by atoms with van der Waals surface area (Å²) in [4.78, 5) is 14.0. The van der Waals surface area contributed by atoms with E-state index in [0.29, 0.717) is 5.57 Å². The summed E-state index contributed by atoms with van der Waals surface area (Å²) in [5, 5.41) is 0. The van der Waals surface area contributed by atoms with Crippen LogP contribution in [0.5, 0.6) is 0 Å². The third kappa shape index (κ3) is 1.75. The number of nitrogens with zero attached hydrogens (tertiary/aromatic N) is 1. The van der Waals surface area contributed by atoms with Gasteiger partial charge in [0.05, 0.1) is 0 Å². The van der Waals surface area contributed by atoms with Gasteiger partial charge in [0, 0.05) is 17.3 Å². The second-order valence-corrected chi connectivity index (χ2v) is 4.47. The van der Waals surface area contributed by atoms with E-state index < -0.39 is 0 Å². The molecular weight excluding hydrogens is 198 g/mol. The van der Waals surface area contributed by atoms with Gasteiger partial charge in [0.2, 0.25) is 0 Å². The molecule has 0 bridgehead atoms. The van der Waals surface area contributed by atoms with Crippen LogP contribution in [0.2, 0.25) is 0 Å². The van der Waals surface area contributed by atoms with Crippen LogP contribution in [0.1, 0.15) is 25.8 Å². The van der Waals surface area contributed by atoms with Crippen LogP contribution < -0.4 is 4.90 Å². The molecule has 1 atom stereocenters. The molecule has 2 heteroatoms. The molecule has 0 radical (unpaired) electrons. The molecular formula is C14H17NO. The minimum atomic E-state index is 0.0413. The molecule has 0 saturated carbocycles. The molecule has 1 heterocycles. The Kier molecular flexibility index (Phi) is 2.82. The van der Waals surface area contributed by atoms with Crippen LogP contribution in [0.15, 0.2) is 36.4 Å². The predicted molar refractivity (Wildman–Crippen MR) is 66.5 cm³/mol. The first-order valence-electron chi connectivity index (χ1n) is 5.68. The number of rotatable bonds is 1. The van der Waals surface area contributed by atoms with Crippen molar-refractivity contribution in [3.8, 4) is 0 Å². The summed E-state index contributed by atoms with van der Waals surface area (Å²) in [6, 6.07) is 8.39. The number of amides is 1. The molecule has 84 valence electrons. The molecule has 1 unspecified atom stereocenters. The normalized spacial score (nSPS) is 19.1. The molecule has 1 amide bonds. The van der Waals surface area contributed by atoms with Crippen molar-refractivity contribution in [3.63, 3.8) is 0 Å². The Hall–Kier alpha value is -1.57. The number of para-hydroxylation sites is 1. The number of hydrogen-bond donors (Lipinski definition) is 0. The van der Waals surface area contributed by atoms with Crippen molar-refractivity contribution in [1.29, 1.82) is 0 Å². The summed E-state index contributed by atoms with van der Waals surface area (Å²) >= 11 is 0. The van der Waals surface area contributed by atoms with E-state index in [1.54, 1.807) is 6.92 Å². The van der Waals surface area contributed by atoms with E-state index in [0.717, 1.165) is 18.5 Å². The Balaban J connectivity index is 2.44. The van der Waals surface area contributed by atoms with Crippen molar-refractivity contribution in [3.05, 3.63) is 42.0 Å². The standard InChI is InChI=1S/C14H17NO/c1-10(2)14(16)15-11(3)8-9-12-6-4-5-7-13(12)15/h4-7,11H,1,8-9H2,2-3H3. The maximum atomic E-state index is 12.1. The third-order valence-electron chi connectivity index (χ3n) is 3.11. The molecule has 0 fully saturated rings. The summed E-state index contributed by atoms with van der Waals surface area (Å²) in [7, 11) is 0. The number of benzene rings is 1. The van der Waals surface area contributed by atoms with E-state index in [2.05, 4.69) is 19.6 Å². The van der Waals surface area contributed by atoms with Gasteiger partial charge in [0.25, 0.3) is 5.91 Å². The van der Waals surface area contributed by atoms with E-state index in [1.165, 1.54) is 5.56 Å². The summed E-state index contributed by atoms with van der Waals surface area (Å²) in [6.45, 7) is 7.61. The highest BCUT2D eigenvalue weighted by Gasteiger charge is 2.27. The van der Waals surface area contributed by atoms with E-state index >= 15 is 0 Å². The largest absolute Gasteiger partial charge is 0.306 e. The summed E-state index contributed by atoms with van der Waals surface area (Å²) in [5.74, 6) is 0.0413. The Morgan fingerprint density at radius 1 is 1.44 bits per heavy atom. The first-order valence-corrected chi connectivity index (χ1v) is 5.68. The number of anilines is 1. The van der Waals surface area contributed by atoms with Crippen LogP contribution in [-0.4, -0.2) is 11.9 Å². The van der Waals surface area contributed by atoms with Gasteiger partial charge < -0.3 is 4.90 Å². The zero-order valence-corrected chi connectivity index (χ0v) is 9.86. The zero-order valence-electron chi connectivity index (χ0n) is 9.86. The number of aryl methyl sites for hydroxylation is 1. The molecule has 0 N–H and O–H groups in total. The van der Waals surface area contributed by atoms with Crippen LogP contribution in [0, 0.1) is 0 Å². The Morgan fingerprint density at radius 3 is 2.81 bits per heavy atom. The Morgan fingerprint density at radius 2 is 2.12 bits per heavy atom. The van der Waals surface area contributed by atoms with Crippen molar-refractivity contribution in [1.82, 2.24) is 0 Å². The monoisotopic (exact) mass is 215 g/mol.